The third-order valence-electron chi connectivity index (χ3n) is 5.11. The second kappa shape index (κ2) is 7.85. The number of hydrogen-bond donors (Lipinski definition) is 1. The number of hydrogen-bond acceptors (Lipinski definition) is 4. The van der Waals surface area contributed by atoms with Crippen molar-refractivity contribution in [1.29, 1.82) is 0 Å². The summed E-state index contributed by atoms with van der Waals surface area (Å²) in [4.78, 5) is 15.2. The topological polar surface area (TPSA) is 79.5 Å². The Hall–Kier alpha value is -2.90. The predicted octanol–water partition coefficient (Wildman–Crippen LogP) is 3.82. The van der Waals surface area contributed by atoms with E-state index in [0.717, 1.165) is 22.0 Å². The van der Waals surface area contributed by atoms with Gasteiger partial charge in [0.15, 0.2) is 0 Å². The van der Waals surface area contributed by atoms with Gasteiger partial charge in [0.25, 0.3) is 0 Å². The molecule has 2 heterocycles. The van der Waals surface area contributed by atoms with E-state index in [1.807, 2.05) is 30.5 Å². The van der Waals surface area contributed by atoms with E-state index in [9.17, 15) is 13.2 Å². The monoisotopic (exact) mass is 410 g/mol. The van der Waals surface area contributed by atoms with Gasteiger partial charge in [0.1, 0.15) is 0 Å². The molecule has 6 nitrogen and oxygen atoms in total. The highest BCUT2D eigenvalue weighted by Crippen LogP contribution is 2.30. The van der Waals surface area contributed by atoms with Crippen molar-refractivity contribution in [2.24, 2.45) is 0 Å². The number of nitrogens with zero attached hydrogens (tertiary/aromatic N) is 1. The van der Waals surface area contributed by atoms with Crippen LogP contribution in [-0.4, -0.2) is 43.4 Å². The van der Waals surface area contributed by atoms with E-state index >= 15 is 0 Å². The molecule has 3 aromatic rings. The fourth-order valence-electron chi connectivity index (χ4n) is 3.58. The highest BCUT2D eigenvalue weighted by Gasteiger charge is 2.27. The zero-order chi connectivity index (χ0) is 20.4. The van der Waals surface area contributed by atoms with Crippen molar-refractivity contribution in [3.05, 3.63) is 71.9 Å². The predicted molar refractivity (Wildman–Crippen MR) is 112 cm³/mol. The lowest BCUT2D eigenvalue weighted by molar-refractivity contribution is 0.0526. The molecule has 7 heteroatoms. The molecule has 1 aliphatic heterocycles. The number of carbonyl (C=O) groups excluding carboxylic acids is 1. The molecule has 150 valence electrons. The second-order valence-corrected chi connectivity index (χ2v) is 8.77. The SMILES string of the molecule is CCOC(=O)c1ccc(S(=O)(=O)N2CC=C(c3c[nH]c4ccccc34)CC2)cc1. The average molecular weight is 410 g/mol. The van der Waals surface area contributed by atoms with E-state index in [-0.39, 0.29) is 11.5 Å². The second-order valence-electron chi connectivity index (χ2n) is 6.84. The summed E-state index contributed by atoms with van der Waals surface area (Å²) in [7, 11) is -3.62. The van der Waals surface area contributed by atoms with Crippen LogP contribution in [0.5, 0.6) is 0 Å². The molecule has 0 saturated carbocycles. The minimum Gasteiger partial charge on any atom is -0.462 e. The summed E-state index contributed by atoms with van der Waals surface area (Å²) in [6, 6.07) is 14.0. The van der Waals surface area contributed by atoms with Crippen LogP contribution >= 0.6 is 0 Å². The Bertz CT molecular complexity index is 1180. The average Bonchev–Trinajstić information content (AvgIpc) is 3.18. The number of nitrogens with one attached hydrogen (secondary N) is 1. The first-order chi connectivity index (χ1) is 14.0. The number of carbonyl (C=O) groups is 1. The Morgan fingerprint density at radius 2 is 1.90 bits per heavy atom. The van der Waals surface area contributed by atoms with Gasteiger partial charge in [-0.15, -0.1) is 0 Å². The maximum Gasteiger partial charge on any atom is 0.338 e. The van der Waals surface area contributed by atoms with Crippen molar-refractivity contribution in [1.82, 2.24) is 9.29 Å². The molecule has 0 unspecified atom stereocenters. The Balaban J connectivity index is 1.53. The van der Waals surface area contributed by atoms with Crippen LogP contribution in [0.1, 0.15) is 29.3 Å². The fraction of sp³-hybridized carbons (Fsp3) is 0.227. The quantitative estimate of drug-likeness (QED) is 0.649. The number of aromatic amines is 1. The summed E-state index contributed by atoms with van der Waals surface area (Å²) >= 11 is 0. The number of aromatic nitrogens is 1. The molecule has 0 bridgehead atoms. The zero-order valence-corrected chi connectivity index (χ0v) is 16.9. The molecule has 4 rings (SSSR count). The number of sulfonamides is 1. The third-order valence-corrected chi connectivity index (χ3v) is 6.99. The van der Waals surface area contributed by atoms with E-state index in [1.54, 1.807) is 6.92 Å². The molecule has 0 spiro atoms. The standard InChI is InChI=1S/C22H22N2O4S/c1-2-28-22(25)17-7-9-18(10-8-17)29(26,27)24-13-11-16(12-14-24)20-15-23-21-6-4-3-5-19(20)21/h3-11,15,23H,2,12-14H2,1H3. The van der Waals surface area contributed by atoms with Gasteiger partial charge in [0.2, 0.25) is 10.0 Å². The summed E-state index contributed by atoms with van der Waals surface area (Å²) in [6.45, 7) is 2.73. The van der Waals surface area contributed by atoms with Crippen LogP contribution in [0.4, 0.5) is 0 Å². The van der Waals surface area contributed by atoms with Crippen LogP contribution < -0.4 is 0 Å². The summed E-state index contributed by atoms with van der Waals surface area (Å²) in [5.74, 6) is -0.458. The van der Waals surface area contributed by atoms with Gasteiger partial charge in [0.05, 0.1) is 17.1 Å². The van der Waals surface area contributed by atoms with Gasteiger partial charge in [-0.1, -0.05) is 24.3 Å². The smallest absolute Gasteiger partial charge is 0.338 e. The minimum atomic E-state index is -3.62. The molecule has 0 atom stereocenters. The molecule has 0 amide bonds. The number of benzene rings is 2. The van der Waals surface area contributed by atoms with Gasteiger partial charge in [-0.05, 0) is 49.2 Å². The van der Waals surface area contributed by atoms with Gasteiger partial charge in [0, 0.05) is 35.8 Å². The van der Waals surface area contributed by atoms with Crippen LogP contribution in [0.2, 0.25) is 0 Å². The summed E-state index contributed by atoms with van der Waals surface area (Å²) in [6.07, 6.45) is 4.60. The van der Waals surface area contributed by atoms with Gasteiger partial charge in [-0.25, -0.2) is 13.2 Å². The molecule has 0 saturated heterocycles. The Kier molecular flexibility index (Phi) is 5.25. The Morgan fingerprint density at radius 3 is 2.59 bits per heavy atom. The molecular formula is C22H22N2O4S. The maximum atomic E-state index is 13.0. The largest absolute Gasteiger partial charge is 0.462 e. The molecule has 0 radical (unpaired) electrons. The van der Waals surface area contributed by atoms with E-state index in [1.165, 1.54) is 28.6 Å². The molecular weight excluding hydrogens is 388 g/mol. The molecule has 29 heavy (non-hydrogen) atoms. The number of para-hydroxylation sites is 1. The highest BCUT2D eigenvalue weighted by atomic mass is 32.2. The highest BCUT2D eigenvalue weighted by molar-refractivity contribution is 7.89. The summed E-state index contributed by atoms with van der Waals surface area (Å²) in [5.41, 5.74) is 3.68. The van der Waals surface area contributed by atoms with Crippen LogP contribution in [0.3, 0.4) is 0 Å². The minimum absolute atomic E-state index is 0.175. The van der Waals surface area contributed by atoms with E-state index in [2.05, 4.69) is 11.1 Å². The van der Waals surface area contributed by atoms with Crippen molar-refractivity contribution < 1.29 is 17.9 Å². The van der Waals surface area contributed by atoms with Crippen LogP contribution in [0.15, 0.2) is 65.7 Å². The van der Waals surface area contributed by atoms with Crippen molar-refractivity contribution in [2.75, 3.05) is 19.7 Å². The lowest BCUT2D eigenvalue weighted by Crippen LogP contribution is -2.34. The van der Waals surface area contributed by atoms with E-state index < -0.39 is 16.0 Å². The molecule has 0 fully saturated rings. The fourth-order valence-corrected chi connectivity index (χ4v) is 4.96. The lowest BCUT2D eigenvalue weighted by Gasteiger charge is -2.26. The number of rotatable bonds is 5. The van der Waals surface area contributed by atoms with Crippen molar-refractivity contribution >= 4 is 32.5 Å². The number of fused-ring (bicyclic) bond motifs is 1. The zero-order valence-electron chi connectivity index (χ0n) is 16.1. The van der Waals surface area contributed by atoms with Crippen molar-refractivity contribution in [3.63, 3.8) is 0 Å². The number of ether oxygens (including phenoxy) is 1. The first-order valence-corrected chi connectivity index (χ1v) is 11.0. The molecule has 2 aromatic carbocycles. The maximum absolute atomic E-state index is 13.0. The van der Waals surface area contributed by atoms with Gasteiger partial charge in [-0.2, -0.15) is 4.31 Å². The first kappa shape index (κ1) is 19.4. The van der Waals surface area contributed by atoms with Gasteiger partial charge >= 0.3 is 5.97 Å². The van der Waals surface area contributed by atoms with E-state index in [4.69, 9.17) is 4.74 Å². The summed E-state index contributed by atoms with van der Waals surface area (Å²) < 4.78 is 32.3. The Morgan fingerprint density at radius 1 is 1.14 bits per heavy atom. The van der Waals surface area contributed by atoms with Crippen molar-refractivity contribution in [2.45, 2.75) is 18.2 Å². The van der Waals surface area contributed by atoms with Gasteiger partial charge in [-0.3, -0.25) is 0 Å². The van der Waals surface area contributed by atoms with E-state index in [0.29, 0.717) is 25.1 Å². The molecule has 1 aliphatic rings. The molecule has 0 aliphatic carbocycles. The van der Waals surface area contributed by atoms with Gasteiger partial charge < -0.3 is 9.72 Å². The van der Waals surface area contributed by atoms with Crippen LogP contribution in [0, 0.1) is 0 Å². The third kappa shape index (κ3) is 3.71. The molecule has 1 aromatic heterocycles. The van der Waals surface area contributed by atoms with Crippen LogP contribution in [-0.2, 0) is 14.8 Å². The number of esters is 1. The normalized spacial score (nSPS) is 15.3. The first-order valence-electron chi connectivity index (χ1n) is 9.53. The Labute approximate surface area is 169 Å². The van der Waals surface area contributed by atoms with Crippen molar-refractivity contribution in [3.8, 4) is 0 Å². The number of H-pyrrole nitrogens is 1. The molecule has 1 N–H and O–H groups in total. The lowest BCUT2D eigenvalue weighted by atomic mass is 10.00. The summed E-state index contributed by atoms with van der Waals surface area (Å²) in [5, 5.41) is 1.14. The van der Waals surface area contributed by atoms with Crippen LogP contribution in [0.25, 0.3) is 16.5 Å².